The van der Waals surface area contributed by atoms with Crippen LogP contribution < -0.4 is 16.4 Å². The zero-order valence-electron chi connectivity index (χ0n) is 22.8. The van der Waals surface area contributed by atoms with E-state index in [2.05, 4.69) is 10.6 Å². The van der Waals surface area contributed by atoms with Gasteiger partial charge < -0.3 is 26.0 Å². The van der Waals surface area contributed by atoms with Crippen LogP contribution in [-0.2, 0) is 25.5 Å². The van der Waals surface area contributed by atoms with Gasteiger partial charge in [0, 0.05) is 12.6 Å². The van der Waals surface area contributed by atoms with Gasteiger partial charge in [-0.15, -0.1) is 0 Å². The molecule has 1 aromatic rings. The summed E-state index contributed by atoms with van der Waals surface area (Å²) in [6.07, 6.45) is 1.98. The third-order valence-electron chi connectivity index (χ3n) is 5.37. The van der Waals surface area contributed by atoms with Gasteiger partial charge in [0.2, 0.25) is 17.7 Å². The van der Waals surface area contributed by atoms with Crippen LogP contribution in [0, 0.1) is 0 Å². The number of alkyl carbamates (subject to hydrolysis) is 1. The minimum Gasteiger partial charge on any atom is -0.444 e. The van der Waals surface area contributed by atoms with Crippen molar-refractivity contribution < 1.29 is 23.9 Å². The third-order valence-corrected chi connectivity index (χ3v) is 5.37. The summed E-state index contributed by atoms with van der Waals surface area (Å²) in [5.41, 5.74) is 6.36. The fraction of sp³-hybridized carbons (Fsp3) is 0.630. The molecule has 4 N–H and O–H groups in total. The van der Waals surface area contributed by atoms with Gasteiger partial charge >= 0.3 is 6.09 Å². The summed E-state index contributed by atoms with van der Waals surface area (Å²) in [7, 11) is 0. The molecule has 4 amide bonds. The standard InChI is InChI=1S/C27H44N4O5/c1-8-10-11-16-31(25(34)21(17-22(28)32)30-26(35)36-27(5,6)7)23(24(33)29-18(3)4)20-14-12-19(9-2)13-15-20/h12-15,18,21,23H,8-11,16-17H2,1-7H3,(H2,28,32)(H,29,33)(H,30,35). The van der Waals surface area contributed by atoms with Crippen LogP contribution in [0.5, 0.6) is 0 Å². The summed E-state index contributed by atoms with van der Waals surface area (Å²) in [5.74, 6) is -1.66. The number of unbranched alkanes of at least 4 members (excludes halogenated alkanes) is 2. The first-order valence-electron chi connectivity index (χ1n) is 12.8. The van der Waals surface area contributed by atoms with E-state index < -0.39 is 42.0 Å². The van der Waals surface area contributed by atoms with Gasteiger partial charge in [0.05, 0.1) is 6.42 Å². The lowest BCUT2D eigenvalue weighted by Gasteiger charge is -2.34. The van der Waals surface area contributed by atoms with E-state index in [0.717, 1.165) is 24.8 Å². The fourth-order valence-electron chi connectivity index (χ4n) is 3.72. The molecule has 2 unspecified atom stereocenters. The van der Waals surface area contributed by atoms with E-state index in [4.69, 9.17) is 10.5 Å². The van der Waals surface area contributed by atoms with Gasteiger partial charge in [-0.2, -0.15) is 0 Å². The Labute approximate surface area is 215 Å². The van der Waals surface area contributed by atoms with Crippen LogP contribution in [0.3, 0.4) is 0 Å². The van der Waals surface area contributed by atoms with E-state index in [9.17, 15) is 19.2 Å². The SMILES string of the molecule is CCCCCN(C(=O)C(CC(N)=O)NC(=O)OC(C)(C)C)C(C(=O)NC(C)C)c1ccc(CC)cc1. The molecular formula is C27H44N4O5. The van der Waals surface area contributed by atoms with Gasteiger partial charge in [-0.05, 0) is 58.6 Å². The van der Waals surface area contributed by atoms with Crippen molar-refractivity contribution in [2.24, 2.45) is 5.73 Å². The molecule has 0 aliphatic heterocycles. The van der Waals surface area contributed by atoms with Crippen LogP contribution >= 0.6 is 0 Å². The molecule has 0 aromatic heterocycles. The van der Waals surface area contributed by atoms with Gasteiger partial charge in [0.15, 0.2) is 0 Å². The number of nitrogens with one attached hydrogen (secondary N) is 2. The smallest absolute Gasteiger partial charge is 0.408 e. The number of aryl methyl sites for hydroxylation is 1. The lowest BCUT2D eigenvalue weighted by Crippen LogP contribution is -2.54. The maximum absolute atomic E-state index is 13.9. The summed E-state index contributed by atoms with van der Waals surface area (Å²) in [4.78, 5) is 53.1. The lowest BCUT2D eigenvalue weighted by atomic mass is 9.99. The molecule has 202 valence electrons. The molecule has 9 nitrogen and oxygen atoms in total. The second kappa shape index (κ2) is 14.5. The van der Waals surface area contributed by atoms with Gasteiger partial charge in [0.25, 0.3) is 0 Å². The molecule has 36 heavy (non-hydrogen) atoms. The Kier molecular flexibility index (Phi) is 12.4. The molecule has 9 heteroatoms. The van der Waals surface area contributed by atoms with Crippen LogP contribution in [-0.4, -0.2) is 52.9 Å². The summed E-state index contributed by atoms with van der Waals surface area (Å²) in [6.45, 7) is 13.1. The summed E-state index contributed by atoms with van der Waals surface area (Å²) in [6, 6.07) is 5.17. The Morgan fingerprint density at radius 3 is 2.08 bits per heavy atom. The number of hydrogen-bond donors (Lipinski definition) is 3. The minimum atomic E-state index is -1.27. The first-order chi connectivity index (χ1) is 16.8. The van der Waals surface area contributed by atoms with E-state index in [1.165, 1.54) is 4.90 Å². The normalized spacial score (nSPS) is 13.0. The number of rotatable bonds is 13. The highest BCUT2D eigenvalue weighted by Gasteiger charge is 2.36. The van der Waals surface area contributed by atoms with Gasteiger partial charge in [-0.25, -0.2) is 4.79 Å². The Morgan fingerprint density at radius 2 is 1.61 bits per heavy atom. The summed E-state index contributed by atoms with van der Waals surface area (Å²) >= 11 is 0. The van der Waals surface area contributed by atoms with Crippen molar-refractivity contribution in [3.63, 3.8) is 0 Å². The number of ether oxygens (including phenoxy) is 1. The van der Waals surface area contributed by atoms with E-state index in [0.29, 0.717) is 12.0 Å². The average molecular weight is 505 g/mol. The molecule has 0 fully saturated rings. The number of carbonyl (C=O) groups is 4. The first-order valence-corrected chi connectivity index (χ1v) is 12.8. The molecule has 0 spiro atoms. The van der Waals surface area contributed by atoms with E-state index >= 15 is 0 Å². The molecule has 0 aliphatic rings. The number of amides is 4. The predicted molar refractivity (Wildman–Crippen MR) is 140 cm³/mol. The third kappa shape index (κ3) is 10.7. The van der Waals surface area contributed by atoms with Crippen molar-refractivity contribution in [1.29, 1.82) is 0 Å². The highest BCUT2D eigenvalue weighted by atomic mass is 16.6. The monoisotopic (exact) mass is 504 g/mol. The second-order valence-corrected chi connectivity index (χ2v) is 10.3. The van der Waals surface area contributed by atoms with Gasteiger partial charge in [0.1, 0.15) is 17.7 Å². The minimum absolute atomic E-state index is 0.149. The molecule has 2 atom stereocenters. The maximum atomic E-state index is 13.9. The zero-order valence-corrected chi connectivity index (χ0v) is 22.8. The average Bonchev–Trinajstić information content (AvgIpc) is 2.75. The van der Waals surface area contributed by atoms with Crippen molar-refractivity contribution in [2.75, 3.05) is 6.54 Å². The summed E-state index contributed by atoms with van der Waals surface area (Å²) in [5, 5.41) is 5.41. The molecule has 1 aromatic carbocycles. The van der Waals surface area contributed by atoms with Crippen LogP contribution in [0.4, 0.5) is 4.79 Å². The highest BCUT2D eigenvalue weighted by Crippen LogP contribution is 2.25. The molecule has 1 rings (SSSR count). The molecule has 0 aliphatic carbocycles. The van der Waals surface area contributed by atoms with Gasteiger partial charge in [-0.1, -0.05) is 51.0 Å². The fourth-order valence-corrected chi connectivity index (χ4v) is 3.72. The van der Waals surface area contributed by atoms with Crippen LogP contribution in [0.2, 0.25) is 0 Å². The molecule has 0 radical (unpaired) electrons. The number of primary amides is 1. The Bertz CT molecular complexity index is 877. The number of nitrogens with zero attached hydrogens (tertiary/aromatic N) is 1. The van der Waals surface area contributed by atoms with Crippen molar-refractivity contribution in [3.8, 4) is 0 Å². The Morgan fingerprint density at radius 1 is 1.00 bits per heavy atom. The molecule has 0 heterocycles. The number of carbonyl (C=O) groups excluding carboxylic acids is 4. The van der Waals surface area contributed by atoms with Crippen molar-refractivity contribution in [1.82, 2.24) is 15.5 Å². The van der Waals surface area contributed by atoms with Crippen LogP contribution in [0.1, 0.15) is 91.3 Å². The van der Waals surface area contributed by atoms with Crippen molar-refractivity contribution in [3.05, 3.63) is 35.4 Å². The predicted octanol–water partition coefficient (Wildman–Crippen LogP) is 3.60. The highest BCUT2D eigenvalue weighted by molar-refractivity contribution is 5.94. The lowest BCUT2D eigenvalue weighted by molar-refractivity contribution is -0.143. The quantitative estimate of drug-likeness (QED) is 0.353. The Hall–Kier alpha value is -3.10. The molecule has 0 saturated carbocycles. The zero-order chi connectivity index (χ0) is 27.5. The van der Waals surface area contributed by atoms with E-state index in [1.807, 2.05) is 52.0 Å². The van der Waals surface area contributed by atoms with Crippen molar-refractivity contribution in [2.45, 2.75) is 104 Å². The second-order valence-electron chi connectivity index (χ2n) is 10.3. The first kappa shape index (κ1) is 30.9. The molecular weight excluding hydrogens is 460 g/mol. The van der Waals surface area contributed by atoms with Crippen molar-refractivity contribution >= 4 is 23.8 Å². The number of hydrogen-bond acceptors (Lipinski definition) is 5. The maximum Gasteiger partial charge on any atom is 0.408 e. The van der Waals surface area contributed by atoms with Gasteiger partial charge in [-0.3, -0.25) is 14.4 Å². The Balaban J connectivity index is 3.48. The topological polar surface area (TPSA) is 131 Å². The summed E-state index contributed by atoms with van der Waals surface area (Å²) < 4.78 is 5.30. The van der Waals surface area contributed by atoms with E-state index in [1.54, 1.807) is 20.8 Å². The van der Waals surface area contributed by atoms with Crippen LogP contribution in [0.15, 0.2) is 24.3 Å². The number of benzene rings is 1. The van der Waals surface area contributed by atoms with E-state index in [-0.39, 0.29) is 18.5 Å². The number of nitrogens with two attached hydrogens (primary N) is 1. The largest absolute Gasteiger partial charge is 0.444 e. The molecule has 0 bridgehead atoms. The van der Waals surface area contributed by atoms with Crippen LogP contribution in [0.25, 0.3) is 0 Å². The molecule has 0 saturated heterocycles.